The largest absolute Gasteiger partial charge is 0.482 e. The number of anilines is 1. The molecule has 106 valence electrons. The van der Waals surface area contributed by atoms with Gasteiger partial charge in [-0.1, -0.05) is 12.1 Å². The molecule has 6 nitrogen and oxygen atoms in total. The topological polar surface area (TPSA) is 93.8 Å². The SMILES string of the molecule is Nc1ccccc1OCC(=O)NCCCOCCO. The molecule has 1 amide bonds. The Kier molecular flexibility index (Phi) is 7.38. The Labute approximate surface area is 112 Å². The number of benzene rings is 1. The van der Waals surface area contributed by atoms with Crippen LogP contribution >= 0.6 is 0 Å². The molecule has 6 heteroatoms. The van der Waals surface area contributed by atoms with Crippen LogP contribution in [0.3, 0.4) is 0 Å². The number of carbonyl (C=O) groups is 1. The first-order chi connectivity index (χ1) is 9.24. The standard InChI is InChI=1S/C13H20N2O4/c14-11-4-1-2-5-12(11)19-10-13(17)15-6-3-8-18-9-7-16/h1-2,4-5,16H,3,6-10,14H2,(H,15,17). The zero-order valence-corrected chi connectivity index (χ0v) is 10.8. The Morgan fingerprint density at radius 1 is 1.32 bits per heavy atom. The van der Waals surface area contributed by atoms with Crippen LogP contribution < -0.4 is 15.8 Å². The second-order valence-corrected chi connectivity index (χ2v) is 3.87. The van der Waals surface area contributed by atoms with Crippen molar-refractivity contribution < 1.29 is 19.4 Å². The van der Waals surface area contributed by atoms with Crippen molar-refractivity contribution in [1.29, 1.82) is 0 Å². The maximum atomic E-state index is 11.5. The fourth-order valence-corrected chi connectivity index (χ4v) is 1.37. The summed E-state index contributed by atoms with van der Waals surface area (Å²) in [5.74, 6) is 0.300. The fraction of sp³-hybridized carbons (Fsp3) is 0.462. The van der Waals surface area contributed by atoms with Crippen LogP contribution in [-0.2, 0) is 9.53 Å². The number of carbonyl (C=O) groups excluding carboxylic acids is 1. The number of nitrogens with two attached hydrogens (primary N) is 1. The highest BCUT2D eigenvalue weighted by Crippen LogP contribution is 2.19. The minimum absolute atomic E-state index is 0.0126. The number of aliphatic hydroxyl groups is 1. The number of rotatable bonds is 9. The third-order valence-electron chi connectivity index (χ3n) is 2.30. The molecule has 0 aliphatic rings. The molecular formula is C13H20N2O4. The van der Waals surface area contributed by atoms with E-state index >= 15 is 0 Å². The lowest BCUT2D eigenvalue weighted by molar-refractivity contribution is -0.123. The normalized spacial score (nSPS) is 10.2. The van der Waals surface area contributed by atoms with E-state index in [-0.39, 0.29) is 19.1 Å². The van der Waals surface area contributed by atoms with Crippen molar-refractivity contribution in [2.45, 2.75) is 6.42 Å². The number of hydrogen-bond donors (Lipinski definition) is 3. The van der Waals surface area contributed by atoms with Crippen LogP contribution in [0.1, 0.15) is 6.42 Å². The molecule has 1 rings (SSSR count). The van der Waals surface area contributed by atoms with Gasteiger partial charge in [-0.2, -0.15) is 0 Å². The lowest BCUT2D eigenvalue weighted by atomic mass is 10.3. The van der Waals surface area contributed by atoms with Gasteiger partial charge in [0.05, 0.1) is 18.9 Å². The lowest BCUT2D eigenvalue weighted by Crippen LogP contribution is -2.30. The molecule has 1 aromatic rings. The third-order valence-corrected chi connectivity index (χ3v) is 2.30. The van der Waals surface area contributed by atoms with Gasteiger partial charge in [0.25, 0.3) is 5.91 Å². The van der Waals surface area contributed by atoms with E-state index in [4.69, 9.17) is 20.3 Å². The Bertz CT molecular complexity index is 385. The Balaban J connectivity index is 2.10. The van der Waals surface area contributed by atoms with Crippen LogP contribution in [0.15, 0.2) is 24.3 Å². The van der Waals surface area contributed by atoms with Gasteiger partial charge in [-0.05, 0) is 18.6 Å². The molecule has 0 saturated carbocycles. The van der Waals surface area contributed by atoms with Gasteiger partial charge in [-0.15, -0.1) is 0 Å². The number of nitrogens with one attached hydrogen (secondary N) is 1. The Hall–Kier alpha value is -1.79. The molecular weight excluding hydrogens is 248 g/mol. The second kappa shape index (κ2) is 9.18. The summed E-state index contributed by atoms with van der Waals surface area (Å²) in [5, 5.41) is 11.2. The number of aliphatic hydroxyl groups excluding tert-OH is 1. The summed E-state index contributed by atoms with van der Waals surface area (Å²) in [4.78, 5) is 11.5. The van der Waals surface area contributed by atoms with Crippen LogP contribution in [0.25, 0.3) is 0 Å². The predicted molar refractivity (Wildman–Crippen MR) is 71.9 cm³/mol. The molecule has 0 aliphatic heterocycles. The maximum Gasteiger partial charge on any atom is 0.257 e. The molecule has 0 saturated heterocycles. The van der Waals surface area contributed by atoms with Gasteiger partial charge in [0.2, 0.25) is 0 Å². The minimum atomic E-state index is -0.203. The van der Waals surface area contributed by atoms with Crippen molar-refractivity contribution in [2.24, 2.45) is 0 Å². The monoisotopic (exact) mass is 268 g/mol. The highest BCUT2D eigenvalue weighted by atomic mass is 16.5. The number of para-hydroxylation sites is 2. The minimum Gasteiger partial charge on any atom is -0.482 e. The van der Waals surface area contributed by atoms with Gasteiger partial charge in [0.1, 0.15) is 5.75 Å². The molecule has 4 N–H and O–H groups in total. The van der Waals surface area contributed by atoms with E-state index in [2.05, 4.69) is 5.32 Å². The van der Waals surface area contributed by atoms with E-state index in [1.807, 2.05) is 0 Å². The summed E-state index contributed by atoms with van der Waals surface area (Å²) in [7, 11) is 0. The Morgan fingerprint density at radius 3 is 2.84 bits per heavy atom. The molecule has 0 atom stereocenters. The van der Waals surface area contributed by atoms with Crippen molar-refractivity contribution in [3.8, 4) is 5.75 Å². The van der Waals surface area contributed by atoms with E-state index < -0.39 is 0 Å². The number of amides is 1. The average Bonchev–Trinajstić information content (AvgIpc) is 2.42. The molecule has 0 aliphatic carbocycles. The first-order valence-electron chi connectivity index (χ1n) is 6.16. The Morgan fingerprint density at radius 2 is 2.11 bits per heavy atom. The van der Waals surface area contributed by atoms with Crippen LogP contribution in [-0.4, -0.2) is 44.0 Å². The number of ether oxygens (including phenoxy) is 2. The van der Waals surface area contributed by atoms with Gasteiger partial charge in [0, 0.05) is 13.2 Å². The summed E-state index contributed by atoms with van der Waals surface area (Å²) in [5.41, 5.74) is 6.19. The molecule has 0 heterocycles. The van der Waals surface area contributed by atoms with Crippen LogP contribution in [0.2, 0.25) is 0 Å². The maximum absolute atomic E-state index is 11.5. The lowest BCUT2D eigenvalue weighted by Gasteiger charge is -2.09. The molecule has 1 aromatic carbocycles. The van der Waals surface area contributed by atoms with Gasteiger partial charge >= 0.3 is 0 Å². The van der Waals surface area contributed by atoms with E-state index in [1.165, 1.54) is 0 Å². The van der Waals surface area contributed by atoms with Crippen molar-refractivity contribution in [3.63, 3.8) is 0 Å². The molecule has 0 radical (unpaired) electrons. The molecule has 0 bridgehead atoms. The second-order valence-electron chi connectivity index (χ2n) is 3.87. The summed E-state index contributed by atoms with van der Waals surface area (Å²) in [6.45, 7) is 1.29. The summed E-state index contributed by atoms with van der Waals surface area (Å²) >= 11 is 0. The first kappa shape index (κ1) is 15.3. The average molecular weight is 268 g/mol. The van der Waals surface area contributed by atoms with Crippen molar-refractivity contribution in [3.05, 3.63) is 24.3 Å². The van der Waals surface area contributed by atoms with Crippen LogP contribution in [0.5, 0.6) is 5.75 Å². The van der Waals surface area contributed by atoms with Gasteiger partial charge in [0.15, 0.2) is 6.61 Å². The number of nitrogen functional groups attached to an aromatic ring is 1. The first-order valence-corrected chi connectivity index (χ1v) is 6.16. The van der Waals surface area contributed by atoms with E-state index in [0.717, 1.165) is 0 Å². The van der Waals surface area contributed by atoms with E-state index in [1.54, 1.807) is 24.3 Å². The van der Waals surface area contributed by atoms with Crippen LogP contribution in [0, 0.1) is 0 Å². The highest BCUT2D eigenvalue weighted by molar-refractivity contribution is 5.77. The van der Waals surface area contributed by atoms with E-state index in [0.29, 0.717) is 37.6 Å². The smallest absolute Gasteiger partial charge is 0.257 e. The van der Waals surface area contributed by atoms with Gasteiger partial charge in [-0.3, -0.25) is 4.79 Å². The quantitative estimate of drug-likeness (QED) is 0.438. The molecule has 19 heavy (non-hydrogen) atoms. The summed E-state index contributed by atoms with van der Waals surface area (Å²) in [6, 6.07) is 7.02. The van der Waals surface area contributed by atoms with Crippen molar-refractivity contribution in [1.82, 2.24) is 5.32 Å². The zero-order valence-electron chi connectivity index (χ0n) is 10.8. The van der Waals surface area contributed by atoms with Crippen molar-refractivity contribution >= 4 is 11.6 Å². The predicted octanol–water partition coefficient (Wildman–Crippen LogP) is 0.163. The van der Waals surface area contributed by atoms with Gasteiger partial charge in [-0.25, -0.2) is 0 Å². The molecule has 0 aromatic heterocycles. The van der Waals surface area contributed by atoms with Gasteiger partial charge < -0.3 is 25.6 Å². The molecule has 0 unspecified atom stereocenters. The third kappa shape index (κ3) is 6.64. The zero-order chi connectivity index (χ0) is 13.9. The highest BCUT2D eigenvalue weighted by Gasteiger charge is 2.03. The van der Waals surface area contributed by atoms with Crippen molar-refractivity contribution in [2.75, 3.05) is 38.7 Å². The molecule has 0 spiro atoms. The summed E-state index contributed by atoms with van der Waals surface area (Å²) in [6.07, 6.45) is 0.694. The van der Waals surface area contributed by atoms with Crippen LogP contribution in [0.4, 0.5) is 5.69 Å². The molecule has 0 fully saturated rings. The van der Waals surface area contributed by atoms with E-state index in [9.17, 15) is 4.79 Å². The fourth-order valence-electron chi connectivity index (χ4n) is 1.37. The summed E-state index contributed by atoms with van der Waals surface area (Å²) < 4.78 is 10.4. The number of hydrogen-bond acceptors (Lipinski definition) is 5.